The van der Waals surface area contributed by atoms with Crippen molar-refractivity contribution in [2.45, 2.75) is 26.9 Å². The first-order chi connectivity index (χ1) is 9.60. The van der Waals surface area contributed by atoms with Gasteiger partial charge in [0.05, 0.1) is 0 Å². The van der Waals surface area contributed by atoms with E-state index in [1.54, 1.807) is 6.07 Å². The van der Waals surface area contributed by atoms with E-state index in [0.717, 1.165) is 25.2 Å². The van der Waals surface area contributed by atoms with Crippen molar-refractivity contribution < 1.29 is 4.39 Å². The van der Waals surface area contributed by atoms with Crippen LogP contribution in [0.5, 0.6) is 0 Å². The first-order valence-electron chi connectivity index (χ1n) is 6.91. The number of anilines is 1. The highest BCUT2D eigenvalue weighted by atomic mass is 19.1. The topological polar surface area (TPSA) is 29.3 Å². The van der Waals surface area contributed by atoms with Crippen molar-refractivity contribution in [2.24, 2.45) is 0 Å². The third kappa shape index (κ3) is 3.58. The van der Waals surface area contributed by atoms with E-state index in [4.69, 9.17) is 5.73 Å². The minimum absolute atomic E-state index is 0.284. The van der Waals surface area contributed by atoms with E-state index in [-0.39, 0.29) is 5.82 Å². The number of hydrogen-bond acceptors (Lipinski definition) is 2. The third-order valence-corrected chi connectivity index (χ3v) is 3.60. The Balaban J connectivity index is 2.11. The zero-order valence-corrected chi connectivity index (χ0v) is 12.1. The summed E-state index contributed by atoms with van der Waals surface area (Å²) in [5, 5.41) is 0. The maximum atomic E-state index is 13.1. The quantitative estimate of drug-likeness (QED) is 0.840. The average Bonchev–Trinajstić information content (AvgIpc) is 2.43. The van der Waals surface area contributed by atoms with Gasteiger partial charge in [-0.25, -0.2) is 4.39 Å². The smallest absolute Gasteiger partial charge is 0.125 e. The molecule has 2 aromatic rings. The Morgan fingerprint density at radius 3 is 2.40 bits per heavy atom. The summed E-state index contributed by atoms with van der Waals surface area (Å²) in [6, 6.07) is 13.0. The van der Waals surface area contributed by atoms with E-state index in [1.165, 1.54) is 23.3 Å². The fourth-order valence-corrected chi connectivity index (χ4v) is 2.26. The number of nitrogen functional groups attached to an aromatic ring is 1. The molecule has 0 spiro atoms. The van der Waals surface area contributed by atoms with Gasteiger partial charge in [-0.2, -0.15) is 0 Å². The summed E-state index contributed by atoms with van der Waals surface area (Å²) in [7, 11) is 0. The summed E-state index contributed by atoms with van der Waals surface area (Å²) in [6.07, 6.45) is 0. The summed E-state index contributed by atoms with van der Waals surface area (Å²) < 4.78 is 13.1. The van der Waals surface area contributed by atoms with E-state index in [1.807, 2.05) is 6.07 Å². The molecule has 0 amide bonds. The van der Waals surface area contributed by atoms with Crippen LogP contribution in [0.1, 0.15) is 23.6 Å². The Kier molecular flexibility index (Phi) is 4.74. The van der Waals surface area contributed by atoms with Crippen LogP contribution < -0.4 is 5.73 Å². The molecule has 0 aliphatic heterocycles. The van der Waals surface area contributed by atoms with Crippen molar-refractivity contribution in [1.29, 1.82) is 0 Å². The number of nitrogens with zero attached hydrogens (tertiary/aromatic N) is 1. The van der Waals surface area contributed by atoms with Crippen LogP contribution in [-0.4, -0.2) is 11.4 Å². The maximum absolute atomic E-state index is 13.1. The molecule has 0 radical (unpaired) electrons. The van der Waals surface area contributed by atoms with Crippen LogP contribution in [0.25, 0.3) is 0 Å². The summed E-state index contributed by atoms with van der Waals surface area (Å²) in [4.78, 5) is 2.30. The number of nitrogens with two attached hydrogens (primary N) is 1. The predicted molar refractivity (Wildman–Crippen MR) is 81.8 cm³/mol. The Bertz CT molecular complexity index is 581. The van der Waals surface area contributed by atoms with Crippen LogP contribution in [0, 0.1) is 12.7 Å². The first kappa shape index (κ1) is 14.5. The SMILES string of the molecule is CCN(Cc1ccccc1C)Cc1ccc(F)cc1N. The molecule has 0 aliphatic rings. The van der Waals surface area contributed by atoms with Crippen molar-refractivity contribution in [1.82, 2.24) is 4.90 Å². The minimum Gasteiger partial charge on any atom is -0.398 e. The summed E-state index contributed by atoms with van der Waals surface area (Å²) >= 11 is 0. The second-order valence-electron chi connectivity index (χ2n) is 5.07. The second kappa shape index (κ2) is 6.53. The van der Waals surface area contributed by atoms with Crippen LogP contribution in [0.4, 0.5) is 10.1 Å². The van der Waals surface area contributed by atoms with Crippen molar-refractivity contribution in [3.8, 4) is 0 Å². The van der Waals surface area contributed by atoms with E-state index in [9.17, 15) is 4.39 Å². The van der Waals surface area contributed by atoms with E-state index in [0.29, 0.717) is 5.69 Å². The number of rotatable bonds is 5. The molecule has 0 saturated carbocycles. The van der Waals surface area contributed by atoms with E-state index in [2.05, 4.69) is 36.9 Å². The molecule has 0 heterocycles. The zero-order valence-electron chi connectivity index (χ0n) is 12.1. The fraction of sp³-hybridized carbons (Fsp3) is 0.294. The van der Waals surface area contributed by atoms with Crippen molar-refractivity contribution in [2.75, 3.05) is 12.3 Å². The first-order valence-corrected chi connectivity index (χ1v) is 6.91. The largest absolute Gasteiger partial charge is 0.398 e. The summed E-state index contributed by atoms with van der Waals surface area (Å²) in [6.45, 7) is 6.77. The molecule has 2 nitrogen and oxygen atoms in total. The molecule has 0 fully saturated rings. The Hall–Kier alpha value is -1.87. The molecule has 0 atom stereocenters. The van der Waals surface area contributed by atoms with Gasteiger partial charge in [-0.15, -0.1) is 0 Å². The monoisotopic (exact) mass is 272 g/mol. The number of hydrogen-bond donors (Lipinski definition) is 1. The van der Waals surface area contributed by atoms with Crippen LogP contribution in [0.3, 0.4) is 0 Å². The van der Waals surface area contributed by atoms with E-state index < -0.39 is 0 Å². The molecule has 0 bridgehead atoms. The lowest BCUT2D eigenvalue weighted by Gasteiger charge is -2.22. The fourth-order valence-electron chi connectivity index (χ4n) is 2.26. The predicted octanol–water partition coefficient (Wildman–Crippen LogP) is 3.74. The molecule has 0 aromatic heterocycles. The maximum Gasteiger partial charge on any atom is 0.125 e. The minimum atomic E-state index is -0.284. The van der Waals surface area contributed by atoms with Crippen molar-refractivity contribution in [3.05, 3.63) is 65.0 Å². The zero-order chi connectivity index (χ0) is 14.5. The number of halogens is 1. The molecular formula is C17H21FN2. The van der Waals surface area contributed by atoms with Crippen LogP contribution in [0.2, 0.25) is 0 Å². The molecular weight excluding hydrogens is 251 g/mol. The van der Waals surface area contributed by atoms with Gasteiger partial charge in [-0.1, -0.05) is 37.3 Å². The van der Waals surface area contributed by atoms with Gasteiger partial charge >= 0.3 is 0 Å². The molecule has 0 saturated heterocycles. The molecule has 0 unspecified atom stereocenters. The Morgan fingerprint density at radius 1 is 1.05 bits per heavy atom. The molecule has 2 N–H and O–H groups in total. The van der Waals surface area contributed by atoms with Crippen molar-refractivity contribution in [3.63, 3.8) is 0 Å². The second-order valence-corrected chi connectivity index (χ2v) is 5.07. The van der Waals surface area contributed by atoms with E-state index >= 15 is 0 Å². The van der Waals surface area contributed by atoms with Crippen LogP contribution >= 0.6 is 0 Å². The molecule has 0 aliphatic carbocycles. The van der Waals surface area contributed by atoms with Gasteiger partial charge in [0, 0.05) is 18.8 Å². The number of aryl methyl sites for hydroxylation is 1. The molecule has 20 heavy (non-hydrogen) atoms. The lowest BCUT2D eigenvalue weighted by Crippen LogP contribution is -2.23. The van der Waals surface area contributed by atoms with Gasteiger partial charge in [0.2, 0.25) is 0 Å². The Labute approximate surface area is 120 Å². The summed E-state index contributed by atoms with van der Waals surface area (Å²) in [5.41, 5.74) is 9.98. The highest BCUT2D eigenvalue weighted by Gasteiger charge is 2.09. The normalized spacial score (nSPS) is 11.0. The van der Waals surface area contributed by atoms with Gasteiger partial charge in [0.1, 0.15) is 5.82 Å². The van der Waals surface area contributed by atoms with Crippen molar-refractivity contribution >= 4 is 5.69 Å². The lowest BCUT2D eigenvalue weighted by molar-refractivity contribution is 0.271. The molecule has 106 valence electrons. The van der Waals surface area contributed by atoms with Crippen LogP contribution in [0.15, 0.2) is 42.5 Å². The highest BCUT2D eigenvalue weighted by molar-refractivity contribution is 5.46. The van der Waals surface area contributed by atoms with Gasteiger partial charge in [0.25, 0.3) is 0 Å². The van der Waals surface area contributed by atoms with Gasteiger partial charge in [-0.3, -0.25) is 4.90 Å². The third-order valence-electron chi connectivity index (χ3n) is 3.60. The highest BCUT2D eigenvalue weighted by Crippen LogP contribution is 2.18. The molecule has 3 heteroatoms. The number of benzene rings is 2. The molecule has 2 rings (SSSR count). The lowest BCUT2D eigenvalue weighted by atomic mass is 10.1. The standard InChI is InChI=1S/C17H21FN2/c1-3-20(11-14-7-5-4-6-13(14)2)12-15-8-9-16(18)10-17(15)19/h4-10H,3,11-12,19H2,1-2H3. The summed E-state index contributed by atoms with van der Waals surface area (Å²) in [5.74, 6) is -0.284. The Morgan fingerprint density at radius 2 is 1.75 bits per heavy atom. The van der Waals surface area contributed by atoms with Gasteiger partial charge < -0.3 is 5.73 Å². The van der Waals surface area contributed by atoms with Gasteiger partial charge in [0.15, 0.2) is 0 Å². The van der Waals surface area contributed by atoms with Crippen LogP contribution in [-0.2, 0) is 13.1 Å². The molecule has 2 aromatic carbocycles. The van der Waals surface area contributed by atoms with Gasteiger partial charge in [-0.05, 0) is 42.3 Å². The average molecular weight is 272 g/mol.